The van der Waals surface area contributed by atoms with Gasteiger partial charge in [0.05, 0.1) is 27.8 Å². The highest BCUT2D eigenvalue weighted by molar-refractivity contribution is 6.28. The summed E-state index contributed by atoms with van der Waals surface area (Å²) >= 11 is 0. The molecule has 15 aromatic rings. The van der Waals surface area contributed by atoms with Crippen LogP contribution < -0.4 is 0 Å². The van der Waals surface area contributed by atoms with Crippen LogP contribution in [0.25, 0.3) is 143 Å². The number of aromatic nitrogens is 5. The van der Waals surface area contributed by atoms with Crippen molar-refractivity contribution in [3.8, 4) is 45.5 Å². The minimum absolute atomic E-state index is 0.573. The van der Waals surface area contributed by atoms with E-state index >= 15 is 0 Å². The minimum Gasteiger partial charge on any atom is -0.309 e. The van der Waals surface area contributed by atoms with Crippen molar-refractivity contribution in [2.75, 3.05) is 0 Å². The second kappa shape index (κ2) is 15.0. The molecule has 15 rings (SSSR count). The maximum absolute atomic E-state index is 5.30. The van der Waals surface area contributed by atoms with Crippen molar-refractivity contribution in [3.63, 3.8) is 0 Å². The normalized spacial score (nSPS) is 12.0. The number of fused-ring (bicyclic) bond motifs is 14. The molecule has 3 aromatic heterocycles. The Balaban J connectivity index is 0.914. The number of para-hydroxylation sites is 2. The first-order valence-electron chi connectivity index (χ1n) is 23.8. The average molecular weight is 890 g/mol. The highest BCUT2D eigenvalue weighted by atomic mass is 15.2. The quantitative estimate of drug-likeness (QED) is 0.162. The molecule has 70 heavy (non-hydrogen) atoms. The van der Waals surface area contributed by atoms with E-state index in [-0.39, 0.29) is 0 Å². The molecule has 0 fully saturated rings. The summed E-state index contributed by atoms with van der Waals surface area (Å²) in [6, 6.07) is 85.4. The van der Waals surface area contributed by atoms with Gasteiger partial charge in [-0.1, -0.05) is 182 Å². The molecule has 0 aliphatic heterocycles. The van der Waals surface area contributed by atoms with Gasteiger partial charge in [-0.2, -0.15) is 9.97 Å². The standard InChI is InChI=1S/C65H39N5/c1-3-16-42-36-46(30-28-40(42)14-1)63-66-64(47-31-29-41-15-2-4-17-43(41)37-47)68-65(67-63)70-58-26-12-10-22-52(58)56-39-45(33-35-60(56)70)44-32-34-59-55(38-44)51-21-9-11-25-57(51)69(59)61-27-13-24-54-50-19-6-5-18-48(50)49-20-7-8-23-53(49)62(54)61/h1-39H. The van der Waals surface area contributed by atoms with E-state index in [9.17, 15) is 0 Å². The van der Waals surface area contributed by atoms with Crippen LogP contribution in [-0.4, -0.2) is 24.1 Å². The zero-order chi connectivity index (χ0) is 45.9. The highest BCUT2D eigenvalue weighted by Crippen LogP contribution is 2.43. The zero-order valence-electron chi connectivity index (χ0n) is 37.8. The van der Waals surface area contributed by atoms with Gasteiger partial charge in [0.25, 0.3) is 0 Å². The van der Waals surface area contributed by atoms with Crippen LogP contribution in [0, 0.1) is 0 Å². The number of hydrogen-bond acceptors (Lipinski definition) is 3. The average Bonchev–Trinajstić information content (AvgIpc) is 3.95. The third-order valence-electron chi connectivity index (χ3n) is 14.5. The third-order valence-corrected chi connectivity index (χ3v) is 14.5. The first-order valence-corrected chi connectivity index (χ1v) is 23.8. The van der Waals surface area contributed by atoms with E-state index in [1.807, 2.05) is 0 Å². The first kappa shape index (κ1) is 38.6. The lowest BCUT2D eigenvalue weighted by Crippen LogP contribution is -2.06. The lowest BCUT2D eigenvalue weighted by molar-refractivity contribution is 0.954. The van der Waals surface area contributed by atoms with Crippen LogP contribution in [0.4, 0.5) is 0 Å². The second-order valence-electron chi connectivity index (χ2n) is 18.4. The van der Waals surface area contributed by atoms with Gasteiger partial charge in [0.1, 0.15) is 0 Å². The van der Waals surface area contributed by atoms with Gasteiger partial charge in [-0.15, -0.1) is 0 Å². The van der Waals surface area contributed by atoms with Crippen molar-refractivity contribution < 1.29 is 0 Å². The molecule has 12 aromatic carbocycles. The SMILES string of the molecule is c1ccc2cc(-c3nc(-c4ccc5ccccc5c4)nc(-n4c5ccccc5c5cc(-c6ccc7c(c6)c6ccccc6n7-c6cccc7c8ccccc8c8ccccc8c67)ccc54)n3)ccc2c1. The summed E-state index contributed by atoms with van der Waals surface area (Å²) in [6.07, 6.45) is 0. The van der Waals surface area contributed by atoms with E-state index in [1.54, 1.807) is 0 Å². The summed E-state index contributed by atoms with van der Waals surface area (Å²) in [5.74, 6) is 1.82. The van der Waals surface area contributed by atoms with Crippen LogP contribution >= 0.6 is 0 Å². The van der Waals surface area contributed by atoms with E-state index in [1.165, 1.54) is 70.6 Å². The molecule has 3 heterocycles. The molecule has 0 saturated carbocycles. The van der Waals surface area contributed by atoms with E-state index < -0.39 is 0 Å². The molecule has 324 valence electrons. The molecule has 0 amide bonds. The summed E-state index contributed by atoms with van der Waals surface area (Å²) in [7, 11) is 0. The van der Waals surface area contributed by atoms with Crippen molar-refractivity contribution in [2.45, 2.75) is 0 Å². The van der Waals surface area contributed by atoms with E-state index in [2.05, 4.69) is 246 Å². The predicted molar refractivity (Wildman–Crippen MR) is 292 cm³/mol. The molecule has 0 spiro atoms. The second-order valence-corrected chi connectivity index (χ2v) is 18.4. The molecule has 5 nitrogen and oxygen atoms in total. The fourth-order valence-corrected chi connectivity index (χ4v) is 11.3. The van der Waals surface area contributed by atoms with Crippen LogP contribution in [0.1, 0.15) is 0 Å². The van der Waals surface area contributed by atoms with Gasteiger partial charge in [-0.25, -0.2) is 4.98 Å². The van der Waals surface area contributed by atoms with Crippen molar-refractivity contribution in [1.29, 1.82) is 0 Å². The molecular formula is C65H39N5. The summed E-state index contributed by atoms with van der Waals surface area (Å²) < 4.78 is 4.68. The fraction of sp³-hybridized carbons (Fsp3) is 0. The van der Waals surface area contributed by atoms with Crippen molar-refractivity contribution >= 4 is 97.5 Å². The van der Waals surface area contributed by atoms with Crippen LogP contribution in [0.5, 0.6) is 0 Å². The van der Waals surface area contributed by atoms with Crippen LogP contribution in [0.15, 0.2) is 237 Å². The summed E-state index contributed by atoms with van der Waals surface area (Å²) in [6.45, 7) is 0. The lowest BCUT2D eigenvalue weighted by Gasteiger charge is -2.16. The molecule has 0 aliphatic carbocycles. The number of benzene rings is 12. The van der Waals surface area contributed by atoms with Gasteiger partial charge in [-0.3, -0.25) is 4.57 Å². The highest BCUT2D eigenvalue weighted by Gasteiger charge is 2.21. The number of rotatable bonds is 5. The van der Waals surface area contributed by atoms with Crippen LogP contribution in [-0.2, 0) is 0 Å². The maximum atomic E-state index is 5.30. The topological polar surface area (TPSA) is 48.5 Å². The van der Waals surface area contributed by atoms with E-state index in [4.69, 9.17) is 15.0 Å². The minimum atomic E-state index is 0.573. The predicted octanol–water partition coefficient (Wildman–Crippen LogP) is 16.8. The van der Waals surface area contributed by atoms with E-state index in [0.29, 0.717) is 17.6 Å². The summed E-state index contributed by atoms with van der Waals surface area (Å²) in [5, 5.41) is 16.9. The Bertz CT molecular complexity index is 4530. The summed E-state index contributed by atoms with van der Waals surface area (Å²) in [4.78, 5) is 15.8. The lowest BCUT2D eigenvalue weighted by atomic mass is 9.93. The van der Waals surface area contributed by atoms with Gasteiger partial charge < -0.3 is 4.57 Å². The van der Waals surface area contributed by atoms with E-state index in [0.717, 1.165) is 54.8 Å². The molecular weight excluding hydrogens is 851 g/mol. The Labute approximate surface area is 401 Å². The Morgan fingerprint density at radius 3 is 1.20 bits per heavy atom. The third kappa shape index (κ3) is 5.82. The number of nitrogens with zero attached hydrogens (tertiary/aromatic N) is 5. The maximum Gasteiger partial charge on any atom is 0.238 e. The number of hydrogen-bond donors (Lipinski definition) is 0. The Morgan fingerprint density at radius 1 is 0.243 bits per heavy atom. The summed E-state index contributed by atoms with van der Waals surface area (Å²) in [5.41, 5.74) is 9.76. The smallest absolute Gasteiger partial charge is 0.238 e. The Morgan fingerprint density at radius 2 is 0.643 bits per heavy atom. The zero-order valence-corrected chi connectivity index (χ0v) is 37.8. The molecule has 0 atom stereocenters. The molecule has 0 N–H and O–H groups in total. The van der Waals surface area contributed by atoms with Crippen LogP contribution in [0.2, 0.25) is 0 Å². The van der Waals surface area contributed by atoms with Crippen molar-refractivity contribution in [3.05, 3.63) is 237 Å². The van der Waals surface area contributed by atoms with Gasteiger partial charge in [0.15, 0.2) is 11.6 Å². The first-order chi connectivity index (χ1) is 34.7. The monoisotopic (exact) mass is 889 g/mol. The molecule has 0 bridgehead atoms. The molecule has 0 radical (unpaired) electrons. The van der Waals surface area contributed by atoms with Gasteiger partial charge in [-0.05, 0) is 114 Å². The Hall–Kier alpha value is -9.45. The molecule has 0 aliphatic rings. The van der Waals surface area contributed by atoms with Crippen molar-refractivity contribution in [1.82, 2.24) is 24.1 Å². The van der Waals surface area contributed by atoms with Gasteiger partial charge in [0, 0.05) is 38.1 Å². The fourth-order valence-electron chi connectivity index (χ4n) is 11.3. The van der Waals surface area contributed by atoms with Crippen molar-refractivity contribution in [2.24, 2.45) is 0 Å². The van der Waals surface area contributed by atoms with Gasteiger partial charge in [0.2, 0.25) is 5.95 Å². The molecule has 0 saturated heterocycles. The molecule has 0 unspecified atom stereocenters. The largest absolute Gasteiger partial charge is 0.309 e. The van der Waals surface area contributed by atoms with Gasteiger partial charge >= 0.3 is 0 Å². The molecule has 5 heteroatoms. The Kier molecular flexibility index (Phi) is 8.29. The van der Waals surface area contributed by atoms with Crippen LogP contribution in [0.3, 0.4) is 0 Å².